The van der Waals surface area contributed by atoms with Gasteiger partial charge in [-0.3, -0.25) is 0 Å². The molecule has 0 aliphatic carbocycles. The molecular weight excluding hydrogens is 424 g/mol. The number of alkyl carbamates (subject to hydrolysis) is 1. The maximum Gasteiger partial charge on any atom is 0.407 e. The standard InChI is InChI=1S/C25H28N2O4S/c1-25(2,3)31-24(29)27-14-16-32-17-15-30-23(28)21(18-26)22(19-10-6-4-7-11-19)20-12-8-5-9-13-20/h4-13H,14-17H2,1-3H3,(H,27,29). The van der Waals surface area contributed by atoms with Gasteiger partial charge in [-0.2, -0.15) is 17.0 Å². The number of carbonyl (C=O) groups is 2. The first-order valence-corrected chi connectivity index (χ1v) is 11.4. The average molecular weight is 453 g/mol. The molecule has 2 rings (SSSR count). The average Bonchev–Trinajstić information content (AvgIpc) is 2.76. The molecular formula is C25H28N2O4S. The number of thioether (sulfide) groups is 1. The topological polar surface area (TPSA) is 88.4 Å². The van der Waals surface area contributed by atoms with Crippen molar-refractivity contribution >= 4 is 29.4 Å². The Kier molecular flexibility index (Phi) is 9.83. The molecule has 2 aromatic carbocycles. The third kappa shape index (κ3) is 8.48. The minimum absolute atomic E-state index is 0.0287. The van der Waals surface area contributed by atoms with E-state index >= 15 is 0 Å². The van der Waals surface area contributed by atoms with Crippen molar-refractivity contribution in [3.8, 4) is 6.07 Å². The van der Waals surface area contributed by atoms with Crippen molar-refractivity contribution in [2.24, 2.45) is 0 Å². The molecule has 1 N–H and O–H groups in total. The summed E-state index contributed by atoms with van der Waals surface area (Å²) in [5.41, 5.74) is 1.53. The Morgan fingerprint density at radius 1 is 0.969 bits per heavy atom. The van der Waals surface area contributed by atoms with Gasteiger partial charge in [0.1, 0.15) is 23.9 Å². The summed E-state index contributed by atoms with van der Waals surface area (Å²) in [6.07, 6.45) is -0.456. The largest absolute Gasteiger partial charge is 0.461 e. The van der Waals surface area contributed by atoms with Crippen LogP contribution in [0.2, 0.25) is 0 Å². The van der Waals surface area contributed by atoms with Crippen molar-refractivity contribution in [3.05, 3.63) is 77.4 Å². The summed E-state index contributed by atoms with van der Waals surface area (Å²) < 4.78 is 10.5. The molecule has 0 heterocycles. The zero-order chi connectivity index (χ0) is 23.4. The summed E-state index contributed by atoms with van der Waals surface area (Å²) in [5, 5.41) is 12.4. The fraction of sp³-hybridized carbons (Fsp3) is 0.320. The van der Waals surface area contributed by atoms with Crippen LogP contribution in [0.1, 0.15) is 31.9 Å². The molecule has 0 fully saturated rings. The summed E-state index contributed by atoms with van der Waals surface area (Å²) in [6.45, 7) is 6.03. The van der Waals surface area contributed by atoms with Crippen molar-refractivity contribution in [1.29, 1.82) is 5.26 Å². The van der Waals surface area contributed by atoms with Gasteiger partial charge in [0.2, 0.25) is 0 Å². The molecule has 0 aliphatic heterocycles. The number of carbonyl (C=O) groups excluding carboxylic acids is 2. The highest BCUT2D eigenvalue weighted by atomic mass is 32.2. The van der Waals surface area contributed by atoms with Gasteiger partial charge in [-0.15, -0.1) is 0 Å². The van der Waals surface area contributed by atoms with Crippen molar-refractivity contribution in [2.45, 2.75) is 26.4 Å². The number of rotatable bonds is 9. The van der Waals surface area contributed by atoms with Crippen LogP contribution in [0.4, 0.5) is 4.79 Å². The van der Waals surface area contributed by atoms with Crippen molar-refractivity contribution in [1.82, 2.24) is 5.32 Å². The Balaban J connectivity index is 1.92. The molecule has 0 saturated heterocycles. The lowest BCUT2D eigenvalue weighted by Gasteiger charge is -2.19. The summed E-state index contributed by atoms with van der Waals surface area (Å²) in [7, 11) is 0. The maximum atomic E-state index is 12.7. The Bertz CT molecular complexity index is 919. The molecule has 168 valence electrons. The third-order valence-corrected chi connectivity index (χ3v) is 5.01. The van der Waals surface area contributed by atoms with Gasteiger partial charge in [0, 0.05) is 23.6 Å². The second-order valence-electron chi connectivity index (χ2n) is 7.77. The van der Waals surface area contributed by atoms with Crippen molar-refractivity contribution in [3.63, 3.8) is 0 Å². The lowest BCUT2D eigenvalue weighted by molar-refractivity contribution is -0.137. The predicted molar refractivity (Wildman–Crippen MR) is 127 cm³/mol. The Morgan fingerprint density at radius 2 is 1.53 bits per heavy atom. The van der Waals surface area contributed by atoms with E-state index in [1.54, 1.807) is 20.8 Å². The predicted octanol–water partition coefficient (Wildman–Crippen LogP) is 4.81. The minimum atomic E-state index is -0.650. The van der Waals surface area contributed by atoms with Crippen LogP contribution in [0, 0.1) is 11.3 Å². The van der Waals surface area contributed by atoms with Gasteiger partial charge < -0.3 is 14.8 Å². The summed E-state index contributed by atoms with van der Waals surface area (Å²) in [4.78, 5) is 24.3. The number of hydrogen-bond acceptors (Lipinski definition) is 6. The molecule has 0 atom stereocenters. The molecule has 0 unspecified atom stereocenters. The lowest BCUT2D eigenvalue weighted by Crippen LogP contribution is -2.33. The number of ether oxygens (including phenoxy) is 2. The number of amides is 1. The molecule has 0 aliphatic rings. The number of esters is 1. The second kappa shape index (κ2) is 12.6. The quantitative estimate of drug-likeness (QED) is 0.254. The number of nitrogens with zero attached hydrogens (tertiary/aromatic N) is 1. The van der Waals surface area contributed by atoms with Crippen LogP contribution in [0.25, 0.3) is 5.57 Å². The fourth-order valence-electron chi connectivity index (χ4n) is 2.78. The zero-order valence-corrected chi connectivity index (χ0v) is 19.4. The van der Waals surface area contributed by atoms with Crippen molar-refractivity contribution < 1.29 is 19.1 Å². The van der Waals surface area contributed by atoms with E-state index in [0.717, 1.165) is 11.1 Å². The van der Waals surface area contributed by atoms with Gasteiger partial charge in [0.15, 0.2) is 0 Å². The summed E-state index contributed by atoms with van der Waals surface area (Å²) in [5.74, 6) is 0.548. The normalized spacial score (nSPS) is 10.6. The van der Waals surface area contributed by atoms with Gasteiger partial charge in [0.05, 0.1) is 0 Å². The van der Waals surface area contributed by atoms with Gasteiger partial charge in [-0.25, -0.2) is 9.59 Å². The van der Waals surface area contributed by atoms with Gasteiger partial charge in [-0.1, -0.05) is 60.7 Å². The lowest BCUT2D eigenvalue weighted by atomic mass is 9.93. The van der Waals surface area contributed by atoms with E-state index in [4.69, 9.17) is 9.47 Å². The molecule has 0 spiro atoms. The smallest absolute Gasteiger partial charge is 0.407 e. The molecule has 32 heavy (non-hydrogen) atoms. The first-order chi connectivity index (χ1) is 15.3. The number of benzene rings is 2. The second-order valence-corrected chi connectivity index (χ2v) is 9.00. The maximum absolute atomic E-state index is 12.7. The van der Waals surface area contributed by atoms with E-state index in [1.165, 1.54) is 11.8 Å². The number of hydrogen-bond donors (Lipinski definition) is 1. The Labute approximate surface area is 193 Å². The highest BCUT2D eigenvalue weighted by molar-refractivity contribution is 7.99. The monoisotopic (exact) mass is 452 g/mol. The zero-order valence-electron chi connectivity index (χ0n) is 18.6. The molecule has 0 bridgehead atoms. The van der Waals surface area contributed by atoms with Gasteiger partial charge in [0.25, 0.3) is 0 Å². The molecule has 2 aromatic rings. The third-order valence-electron chi connectivity index (χ3n) is 4.07. The van der Waals surface area contributed by atoms with E-state index < -0.39 is 17.7 Å². The van der Waals surface area contributed by atoms with Gasteiger partial charge in [-0.05, 0) is 31.9 Å². The van der Waals surface area contributed by atoms with Crippen LogP contribution in [0.15, 0.2) is 66.2 Å². The van der Waals surface area contributed by atoms with E-state index in [1.807, 2.05) is 66.7 Å². The van der Waals surface area contributed by atoms with Gasteiger partial charge >= 0.3 is 12.1 Å². The highest BCUT2D eigenvalue weighted by Gasteiger charge is 2.20. The van der Waals surface area contributed by atoms with Crippen LogP contribution in [0.3, 0.4) is 0 Å². The van der Waals surface area contributed by atoms with Crippen LogP contribution in [-0.4, -0.2) is 42.3 Å². The molecule has 0 radical (unpaired) electrons. The van der Waals surface area contributed by atoms with E-state index in [9.17, 15) is 14.9 Å². The van der Waals surface area contributed by atoms with Crippen LogP contribution in [-0.2, 0) is 14.3 Å². The number of nitrogens with one attached hydrogen (secondary N) is 1. The van der Waals surface area contributed by atoms with Crippen LogP contribution < -0.4 is 5.32 Å². The first kappa shape index (κ1) is 25.0. The fourth-order valence-corrected chi connectivity index (χ4v) is 3.43. The highest BCUT2D eigenvalue weighted by Crippen LogP contribution is 2.27. The van der Waals surface area contributed by atoms with E-state index in [0.29, 0.717) is 23.6 Å². The van der Waals surface area contributed by atoms with E-state index in [2.05, 4.69) is 5.32 Å². The SMILES string of the molecule is CC(C)(C)OC(=O)NCCSCCOC(=O)C(C#N)=C(c1ccccc1)c1ccccc1. The Morgan fingerprint density at radius 3 is 2.03 bits per heavy atom. The number of nitriles is 1. The van der Waals surface area contributed by atoms with Crippen molar-refractivity contribution in [2.75, 3.05) is 24.7 Å². The summed E-state index contributed by atoms with van der Waals surface area (Å²) in [6, 6.07) is 20.7. The van der Waals surface area contributed by atoms with Crippen LogP contribution >= 0.6 is 11.8 Å². The molecule has 1 amide bonds. The van der Waals surface area contributed by atoms with E-state index in [-0.39, 0.29) is 12.2 Å². The molecule has 0 aromatic heterocycles. The first-order valence-electron chi connectivity index (χ1n) is 10.3. The van der Waals surface area contributed by atoms with Crippen LogP contribution in [0.5, 0.6) is 0 Å². The summed E-state index contributed by atoms with van der Waals surface area (Å²) >= 11 is 1.53. The Hall–Kier alpha value is -3.24. The molecule has 0 saturated carbocycles. The molecule has 6 nitrogen and oxygen atoms in total. The molecule has 7 heteroatoms. The minimum Gasteiger partial charge on any atom is -0.461 e.